The maximum absolute atomic E-state index is 12.0. The molecule has 0 aliphatic carbocycles. The van der Waals surface area contributed by atoms with E-state index in [1.807, 2.05) is 6.92 Å². The molecule has 1 atom stereocenters. The molecule has 1 aromatic rings. The van der Waals surface area contributed by atoms with Crippen molar-refractivity contribution < 1.29 is 9.47 Å². The Balaban J connectivity index is 2.00. The van der Waals surface area contributed by atoms with E-state index in [1.54, 1.807) is 6.20 Å². The van der Waals surface area contributed by atoms with Gasteiger partial charge in [0.05, 0.1) is 37.8 Å². The van der Waals surface area contributed by atoms with Crippen LogP contribution in [0.1, 0.15) is 13.3 Å². The standard InChI is InChI=1S/C12H18BrN3O3/c1-2-3-16-12(17)11(13)10(7-15-16)14-6-9-8-18-4-5-19-9/h7,9,14H,2-6,8H2,1H3. The van der Waals surface area contributed by atoms with Gasteiger partial charge in [-0.2, -0.15) is 5.10 Å². The van der Waals surface area contributed by atoms with Crippen molar-refractivity contribution in [3.05, 3.63) is 21.0 Å². The maximum Gasteiger partial charge on any atom is 0.283 e. The lowest BCUT2D eigenvalue weighted by Gasteiger charge is -2.23. The molecule has 1 N–H and O–H groups in total. The third-order valence-electron chi connectivity index (χ3n) is 2.83. The second-order valence-electron chi connectivity index (χ2n) is 4.35. The molecule has 1 saturated heterocycles. The second kappa shape index (κ2) is 7.02. The molecule has 0 radical (unpaired) electrons. The second-order valence-corrected chi connectivity index (χ2v) is 5.14. The fourth-order valence-electron chi connectivity index (χ4n) is 1.84. The molecule has 1 unspecified atom stereocenters. The number of hydrogen-bond donors (Lipinski definition) is 1. The van der Waals surface area contributed by atoms with Crippen LogP contribution in [0, 0.1) is 0 Å². The molecule has 2 rings (SSSR count). The fraction of sp³-hybridized carbons (Fsp3) is 0.667. The summed E-state index contributed by atoms with van der Waals surface area (Å²) in [6, 6.07) is 0. The first kappa shape index (κ1) is 14.5. The number of ether oxygens (including phenoxy) is 2. The molecule has 0 saturated carbocycles. The number of hydrogen-bond acceptors (Lipinski definition) is 5. The molecule has 106 valence electrons. The highest BCUT2D eigenvalue weighted by Crippen LogP contribution is 2.16. The lowest BCUT2D eigenvalue weighted by Crippen LogP contribution is -2.34. The van der Waals surface area contributed by atoms with E-state index in [-0.39, 0.29) is 11.7 Å². The highest BCUT2D eigenvalue weighted by molar-refractivity contribution is 9.10. The van der Waals surface area contributed by atoms with Crippen molar-refractivity contribution in [1.82, 2.24) is 9.78 Å². The highest BCUT2D eigenvalue weighted by atomic mass is 79.9. The van der Waals surface area contributed by atoms with Crippen LogP contribution in [0.5, 0.6) is 0 Å². The molecule has 19 heavy (non-hydrogen) atoms. The molecule has 0 amide bonds. The van der Waals surface area contributed by atoms with E-state index >= 15 is 0 Å². The van der Waals surface area contributed by atoms with Gasteiger partial charge in [-0.05, 0) is 22.4 Å². The van der Waals surface area contributed by atoms with Crippen molar-refractivity contribution in [1.29, 1.82) is 0 Å². The Hall–Kier alpha value is -0.920. The molecule has 2 heterocycles. The fourth-order valence-corrected chi connectivity index (χ4v) is 2.28. The Morgan fingerprint density at radius 3 is 3.11 bits per heavy atom. The number of halogens is 1. The van der Waals surface area contributed by atoms with Gasteiger partial charge >= 0.3 is 0 Å². The normalized spacial score (nSPS) is 19.4. The largest absolute Gasteiger partial charge is 0.380 e. The zero-order valence-corrected chi connectivity index (χ0v) is 12.5. The molecule has 1 aromatic heterocycles. The monoisotopic (exact) mass is 331 g/mol. The molecule has 6 nitrogen and oxygen atoms in total. The smallest absolute Gasteiger partial charge is 0.283 e. The van der Waals surface area contributed by atoms with Gasteiger partial charge in [0.1, 0.15) is 4.47 Å². The Morgan fingerprint density at radius 2 is 2.42 bits per heavy atom. The van der Waals surface area contributed by atoms with Gasteiger partial charge in [-0.15, -0.1) is 0 Å². The third-order valence-corrected chi connectivity index (χ3v) is 3.59. The summed E-state index contributed by atoms with van der Waals surface area (Å²) in [6.45, 7) is 5.06. The molecule has 0 aromatic carbocycles. The Kier molecular flexibility index (Phi) is 5.35. The molecule has 1 aliphatic rings. The van der Waals surface area contributed by atoms with Crippen LogP contribution in [-0.4, -0.2) is 42.2 Å². The highest BCUT2D eigenvalue weighted by Gasteiger charge is 2.15. The number of anilines is 1. The number of nitrogens with zero attached hydrogens (tertiary/aromatic N) is 2. The van der Waals surface area contributed by atoms with Crippen LogP contribution in [0.3, 0.4) is 0 Å². The molecule has 1 aliphatic heterocycles. The van der Waals surface area contributed by atoms with Crippen molar-refractivity contribution in [3.8, 4) is 0 Å². The minimum absolute atomic E-state index is 0.0127. The zero-order chi connectivity index (χ0) is 13.7. The first-order chi connectivity index (χ1) is 9.22. The molecule has 7 heteroatoms. The van der Waals surface area contributed by atoms with Gasteiger partial charge in [-0.25, -0.2) is 4.68 Å². The van der Waals surface area contributed by atoms with Gasteiger partial charge in [0, 0.05) is 13.1 Å². The van der Waals surface area contributed by atoms with E-state index in [4.69, 9.17) is 9.47 Å². The molecular weight excluding hydrogens is 314 g/mol. The summed E-state index contributed by atoms with van der Waals surface area (Å²) in [5, 5.41) is 7.30. The van der Waals surface area contributed by atoms with Crippen LogP contribution >= 0.6 is 15.9 Å². The third kappa shape index (κ3) is 3.77. The summed E-state index contributed by atoms with van der Waals surface area (Å²) in [6.07, 6.45) is 2.54. The van der Waals surface area contributed by atoms with Crippen LogP contribution in [0.2, 0.25) is 0 Å². The van der Waals surface area contributed by atoms with E-state index in [0.717, 1.165) is 6.42 Å². The topological polar surface area (TPSA) is 65.4 Å². The average Bonchev–Trinajstić information content (AvgIpc) is 2.44. The predicted molar refractivity (Wildman–Crippen MR) is 75.5 cm³/mol. The molecular formula is C12H18BrN3O3. The Morgan fingerprint density at radius 1 is 1.58 bits per heavy atom. The van der Waals surface area contributed by atoms with Crippen LogP contribution in [0.15, 0.2) is 15.5 Å². The summed E-state index contributed by atoms with van der Waals surface area (Å²) in [5.74, 6) is 0. The molecule has 0 bridgehead atoms. The minimum atomic E-state index is -0.118. The maximum atomic E-state index is 12.0. The van der Waals surface area contributed by atoms with Gasteiger partial charge in [-0.3, -0.25) is 4.79 Å². The van der Waals surface area contributed by atoms with Crippen LogP contribution in [0.4, 0.5) is 5.69 Å². The quantitative estimate of drug-likeness (QED) is 0.879. The van der Waals surface area contributed by atoms with Crippen molar-refractivity contribution in [2.45, 2.75) is 26.0 Å². The van der Waals surface area contributed by atoms with E-state index in [1.165, 1.54) is 4.68 Å². The van der Waals surface area contributed by atoms with Crippen molar-refractivity contribution >= 4 is 21.6 Å². The molecule has 1 fully saturated rings. The van der Waals surface area contributed by atoms with Crippen molar-refractivity contribution in [3.63, 3.8) is 0 Å². The first-order valence-electron chi connectivity index (χ1n) is 6.41. The van der Waals surface area contributed by atoms with E-state index in [2.05, 4.69) is 26.3 Å². The van der Waals surface area contributed by atoms with Crippen LogP contribution < -0.4 is 10.9 Å². The van der Waals surface area contributed by atoms with Crippen LogP contribution in [-0.2, 0) is 16.0 Å². The summed E-state index contributed by atoms with van der Waals surface area (Å²) in [4.78, 5) is 12.0. The number of nitrogens with one attached hydrogen (secondary N) is 1. The average molecular weight is 332 g/mol. The first-order valence-corrected chi connectivity index (χ1v) is 7.20. The van der Waals surface area contributed by atoms with Crippen molar-refractivity contribution in [2.75, 3.05) is 31.7 Å². The summed E-state index contributed by atoms with van der Waals surface area (Å²) in [5.41, 5.74) is 0.569. The summed E-state index contributed by atoms with van der Waals surface area (Å²) >= 11 is 3.32. The van der Waals surface area contributed by atoms with E-state index in [0.29, 0.717) is 43.1 Å². The van der Waals surface area contributed by atoms with Crippen LogP contribution in [0.25, 0.3) is 0 Å². The molecule has 0 spiro atoms. The number of rotatable bonds is 5. The minimum Gasteiger partial charge on any atom is -0.380 e. The van der Waals surface area contributed by atoms with Gasteiger partial charge in [0.25, 0.3) is 5.56 Å². The Bertz CT molecular complexity index is 472. The summed E-state index contributed by atoms with van der Waals surface area (Å²) < 4.78 is 12.8. The predicted octanol–water partition coefficient (Wildman–Crippen LogP) is 1.24. The van der Waals surface area contributed by atoms with Gasteiger partial charge in [0.15, 0.2) is 0 Å². The van der Waals surface area contributed by atoms with E-state index in [9.17, 15) is 4.79 Å². The zero-order valence-electron chi connectivity index (χ0n) is 10.9. The lowest BCUT2D eigenvalue weighted by atomic mass is 10.3. The van der Waals surface area contributed by atoms with Gasteiger partial charge < -0.3 is 14.8 Å². The Labute approximate surface area is 120 Å². The SMILES string of the molecule is CCCn1ncc(NCC2COCCO2)c(Br)c1=O. The lowest BCUT2D eigenvalue weighted by molar-refractivity contribution is -0.0818. The number of aromatic nitrogens is 2. The van der Waals surface area contributed by atoms with Gasteiger partial charge in [0.2, 0.25) is 0 Å². The van der Waals surface area contributed by atoms with E-state index < -0.39 is 0 Å². The van der Waals surface area contributed by atoms with Gasteiger partial charge in [-0.1, -0.05) is 6.92 Å². The van der Waals surface area contributed by atoms with Crippen molar-refractivity contribution in [2.24, 2.45) is 0 Å². The summed E-state index contributed by atoms with van der Waals surface area (Å²) in [7, 11) is 0. The number of aryl methyl sites for hydroxylation is 1.